The van der Waals surface area contributed by atoms with Crippen LogP contribution in [0.2, 0.25) is 10.0 Å². The van der Waals surface area contributed by atoms with E-state index in [9.17, 15) is 10.1 Å². The zero-order valence-electron chi connectivity index (χ0n) is 16.1. The third kappa shape index (κ3) is 3.58. The molecule has 1 unspecified atom stereocenters. The first kappa shape index (κ1) is 20.1. The molecule has 0 amide bonds. The van der Waals surface area contributed by atoms with Gasteiger partial charge in [-0.3, -0.25) is 4.79 Å². The van der Waals surface area contributed by atoms with Crippen LogP contribution >= 0.6 is 23.2 Å². The molecule has 0 saturated carbocycles. The molecule has 2 aromatic heterocycles. The van der Waals surface area contributed by atoms with Gasteiger partial charge < -0.3 is 4.57 Å². The summed E-state index contributed by atoms with van der Waals surface area (Å²) in [5.41, 5.74) is 2.47. The molecule has 0 fully saturated rings. The Morgan fingerprint density at radius 1 is 1.13 bits per heavy atom. The molecule has 0 radical (unpaired) electrons. The highest BCUT2D eigenvalue weighted by Crippen LogP contribution is 2.29. The van der Waals surface area contributed by atoms with Crippen LogP contribution in [0.5, 0.6) is 0 Å². The van der Waals surface area contributed by atoms with E-state index in [1.54, 1.807) is 12.1 Å². The van der Waals surface area contributed by atoms with Gasteiger partial charge in [0.05, 0.1) is 29.8 Å². The summed E-state index contributed by atoms with van der Waals surface area (Å²) in [6, 6.07) is 17.0. The van der Waals surface area contributed by atoms with Gasteiger partial charge in [0, 0.05) is 17.1 Å². The van der Waals surface area contributed by atoms with Crippen molar-refractivity contribution < 1.29 is 0 Å². The topological polar surface area (TPSA) is 76.5 Å². The Morgan fingerprint density at radius 2 is 1.87 bits per heavy atom. The summed E-state index contributed by atoms with van der Waals surface area (Å²) in [6.45, 7) is 2.86. The Labute approximate surface area is 182 Å². The highest BCUT2D eigenvalue weighted by Gasteiger charge is 2.25. The van der Waals surface area contributed by atoms with Crippen LogP contribution < -0.4 is 5.56 Å². The van der Waals surface area contributed by atoms with E-state index >= 15 is 0 Å². The number of halogens is 2. The number of hydrogen-bond acceptors (Lipinski definition) is 4. The first-order valence-corrected chi connectivity index (χ1v) is 10.1. The smallest absolute Gasteiger partial charge is 0.286 e. The Balaban J connectivity index is 1.76. The molecule has 0 aliphatic heterocycles. The molecule has 0 aliphatic carbocycles. The number of benzene rings is 2. The van der Waals surface area contributed by atoms with Crippen LogP contribution in [0.1, 0.15) is 29.8 Å². The maximum Gasteiger partial charge on any atom is 0.286 e. The Hall–Kier alpha value is -3.14. The van der Waals surface area contributed by atoms with E-state index in [-0.39, 0.29) is 11.6 Å². The van der Waals surface area contributed by atoms with Crippen LogP contribution in [-0.4, -0.2) is 19.3 Å². The summed E-state index contributed by atoms with van der Waals surface area (Å²) >= 11 is 12.3. The number of hydrogen-bond donors (Lipinski definition) is 0. The molecule has 30 heavy (non-hydrogen) atoms. The number of rotatable bonds is 5. The minimum absolute atomic E-state index is 0.0276. The van der Waals surface area contributed by atoms with E-state index in [0.717, 1.165) is 16.6 Å². The Morgan fingerprint density at radius 3 is 2.57 bits per heavy atom. The van der Waals surface area contributed by atoms with E-state index in [1.165, 1.54) is 10.9 Å². The SMILES string of the molecule is CCn1c(C(C#N)c2cnn(Cc3ccc(Cl)cc3)c(=O)c2Cl)nc2ccccc21. The largest absolute Gasteiger partial charge is 0.327 e. The lowest BCUT2D eigenvalue weighted by Gasteiger charge is -2.14. The minimum atomic E-state index is -0.810. The third-order valence-corrected chi connectivity index (χ3v) is 5.59. The molecular weight excluding hydrogens is 421 g/mol. The molecule has 4 rings (SSSR count). The maximum absolute atomic E-state index is 12.8. The molecule has 4 aromatic rings. The van der Waals surface area contributed by atoms with Crippen molar-refractivity contribution in [1.82, 2.24) is 19.3 Å². The van der Waals surface area contributed by atoms with E-state index in [0.29, 0.717) is 23.0 Å². The second kappa shape index (κ2) is 8.31. The van der Waals surface area contributed by atoms with Gasteiger partial charge in [-0.25, -0.2) is 9.67 Å². The van der Waals surface area contributed by atoms with Crippen LogP contribution in [0.3, 0.4) is 0 Å². The molecule has 6 nitrogen and oxygen atoms in total. The molecule has 2 aromatic carbocycles. The number of para-hydroxylation sites is 2. The molecule has 0 aliphatic rings. The molecule has 0 N–H and O–H groups in total. The van der Waals surface area contributed by atoms with Gasteiger partial charge in [0.1, 0.15) is 16.8 Å². The predicted molar refractivity (Wildman–Crippen MR) is 117 cm³/mol. The summed E-state index contributed by atoms with van der Waals surface area (Å²) in [4.78, 5) is 17.5. The van der Waals surface area contributed by atoms with Crippen LogP contribution in [0.4, 0.5) is 0 Å². The summed E-state index contributed by atoms with van der Waals surface area (Å²) in [6.07, 6.45) is 1.48. The lowest BCUT2D eigenvalue weighted by atomic mass is 10.0. The number of nitrogens with zero attached hydrogens (tertiary/aromatic N) is 5. The van der Waals surface area contributed by atoms with Gasteiger partial charge >= 0.3 is 0 Å². The van der Waals surface area contributed by atoms with Crippen molar-refractivity contribution in [3.8, 4) is 6.07 Å². The van der Waals surface area contributed by atoms with Crippen LogP contribution in [0.25, 0.3) is 11.0 Å². The zero-order valence-corrected chi connectivity index (χ0v) is 17.6. The quantitative estimate of drug-likeness (QED) is 0.456. The van der Waals surface area contributed by atoms with Crippen molar-refractivity contribution in [2.45, 2.75) is 25.9 Å². The predicted octanol–water partition coefficient (Wildman–Crippen LogP) is 4.62. The van der Waals surface area contributed by atoms with Crippen LogP contribution in [0.15, 0.2) is 59.5 Å². The Bertz CT molecular complexity index is 1320. The zero-order chi connectivity index (χ0) is 21.3. The minimum Gasteiger partial charge on any atom is -0.327 e. The summed E-state index contributed by atoms with van der Waals surface area (Å²) in [7, 11) is 0. The second-order valence-electron chi connectivity index (χ2n) is 6.77. The number of nitriles is 1. The fourth-order valence-corrected chi connectivity index (χ4v) is 3.85. The van der Waals surface area contributed by atoms with Crippen LogP contribution in [0, 0.1) is 11.3 Å². The summed E-state index contributed by atoms with van der Waals surface area (Å²) < 4.78 is 3.23. The van der Waals surface area contributed by atoms with Crippen LogP contribution in [-0.2, 0) is 13.1 Å². The van der Waals surface area contributed by atoms with Gasteiger partial charge in [0.25, 0.3) is 5.56 Å². The fourth-order valence-electron chi connectivity index (χ4n) is 3.47. The van der Waals surface area contributed by atoms with Crippen molar-refractivity contribution in [3.05, 3.63) is 92.1 Å². The van der Waals surface area contributed by atoms with Crippen molar-refractivity contribution in [2.75, 3.05) is 0 Å². The van der Waals surface area contributed by atoms with Gasteiger partial charge in [0.2, 0.25) is 0 Å². The first-order valence-electron chi connectivity index (χ1n) is 9.38. The highest BCUT2D eigenvalue weighted by atomic mass is 35.5. The Kier molecular flexibility index (Phi) is 5.58. The number of fused-ring (bicyclic) bond motifs is 1. The molecule has 0 bridgehead atoms. The van der Waals surface area contributed by atoms with E-state index in [4.69, 9.17) is 23.2 Å². The van der Waals surface area contributed by atoms with Gasteiger partial charge in [0.15, 0.2) is 0 Å². The van der Waals surface area contributed by atoms with Gasteiger partial charge in [-0.1, -0.05) is 47.5 Å². The lowest BCUT2D eigenvalue weighted by Crippen LogP contribution is -2.26. The second-order valence-corrected chi connectivity index (χ2v) is 7.58. The molecule has 8 heteroatoms. The standard InChI is InChI=1S/C22H17Cl2N5O/c1-2-28-19-6-4-3-5-18(19)27-21(28)16(11-25)17-12-26-29(22(30)20(17)24)13-14-7-9-15(23)10-8-14/h3-10,12,16H,2,13H2,1H3. The lowest BCUT2D eigenvalue weighted by molar-refractivity contribution is 0.629. The third-order valence-electron chi connectivity index (χ3n) is 4.96. The number of aromatic nitrogens is 4. The molecule has 0 saturated heterocycles. The fraction of sp³-hybridized carbons (Fsp3) is 0.182. The van der Waals surface area contributed by atoms with Gasteiger partial charge in [-0.2, -0.15) is 10.4 Å². The van der Waals surface area contributed by atoms with Gasteiger partial charge in [-0.15, -0.1) is 0 Å². The monoisotopic (exact) mass is 437 g/mol. The molecular formula is C22H17Cl2N5O. The van der Waals surface area contributed by atoms with Crippen molar-refractivity contribution >= 4 is 34.2 Å². The van der Waals surface area contributed by atoms with Gasteiger partial charge in [-0.05, 0) is 36.8 Å². The van der Waals surface area contributed by atoms with Crippen molar-refractivity contribution in [2.24, 2.45) is 0 Å². The summed E-state index contributed by atoms with van der Waals surface area (Å²) in [5.74, 6) is -0.269. The molecule has 1 atom stereocenters. The average molecular weight is 438 g/mol. The summed E-state index contributed by atoms with van der Waals surface area (Å²) in [5, 5.41) is 14.8. The molecule has 0 spiro atoms. The van der Waals surface area contributed by atoms with E-state index in [2.05, 4.69) is 16.2 Å². The van der Waals surface area contributed by atoms with E-state index < -0.39 is 11.5 Å². The molecule has 150 valence electrons. The molecule has 2 heterocycles. The maximum atomic E-state index is 12.8. The number of imidazole rings is 1. The first-order chi connectivity index (χ1) is 14.5. The number of aryl methyl sites for hydroxylation is 1. The average Bonchev–Trinajstić information content (AvgIpc) is 3.13. The van der Waals surface area contributed by atoms with E-state index in [1.807, 2.05) is 47.9 Å². The van der Waals surface area contributed by atoms with Crippen molar-refractivity contribution in [3.63, 3.8) is 0 Å². The highest BCUT2D eigenvalue weighted by molar-refractivity contribution is 6.31. The van der Waals surface area contributed by atoms with Crippen molar-refractivity contribution in [1.29, 1.82) is 5.26 Å². The normalized spacial score (nSPS) is 12.1.